The van der Waals surface area contributed by atoms with Crippen molar-refractivity contribution in [3.63, 3.8) is 0 Å². The Morgan fingerprint density at radius 2 is 1.72 bits per heavy atom. The smallest absolute Gasteiger partial charge is 0.271 e. The first-order valence-corrected chi connectivity index (χ1v) is 7.93. The number of carbonyl (C=O) groups excluding carboxylic acids is 1. The highest BCUT2D eigenvalue weighted by Gasteiger charge is 2.21. The highest BCUT2D eigenvalue weighted by Crippen LogP contribution is 2.38. The van der Waals surface area contributed by atoms with Crippen molar-refractivity contribution >= 4 is 5.91 Å². The lowest BCUT2D eigenvalue weighted by molar-refractivity contribution is 0.0996. The predicted octanol–water partition coefficient (Wildman–Crippen LogP) is 2.16. The van der Waals surface area contributed by atoms with E-state index in [4.69, 9.17) is 15.2 Å². The van der Waals surface area contributed by atoms with Crippen LogP contribution in [0.5, 0.6) is 11.5 Å². The molecule has 0 atom stereocenters. The molecule has 0 unspecified atom stereocenters. The van der Waals surface area contributed by atoms with Crippen LogP contribution in [0.3, 0.4) is 0 Å². The van der Waals surface area contributed by atoms with Crippen LogP contribution in [0.1, 0.15) is 24.3 Å². The second kappa shape index (κ2) is 7.08. The van der Waals surface area contributed by atoms with E-state index in [2.05, 4.69) is 15.4 Å². The largest absolute Gasteiger partial charge is 0.492 e. The number of hydrogen-bond donors (Lipinski definition) is 2. The maximum atomic E-state index is 11.6. The van der Waals surface area contributed by atoms with Crippen LogP contribution in [-0.2, 0) is 0 Å². The van der Waals surface area contributed by atoms with Crippen LogP contribution in [0.25, 0.3) is 16.9 Å². The van der Waals surface area contributed by atoms with E-state index in [-0.39, 0.29) is 5.69 Å². The quantitative estimate of drug-likeness (QED) is 0.684. The Hall–Kier alpha value is -3.29. The molecule has 0 aliphatic rings. The molecule has 3 N–H and O–H groups in total. The van der Waals surface area contributed by atoms with Crippen LogP contribution in [0, 0.1) is 0 Å². The van der Waals surface area contributed by atoms with Gasteiger partial charge >= 0.3 is 0 Å². The van der Waals surface area contributed by atoms with Gasteiger partial charge in [-0.3, -0.25) is 4.79 Å². The SMILES string of the molecule is CCOc1cc(-c2n[nH]nc2C(N)=O)cc(OCC)c1-n1cccc1. The molecular weight excluding hydrogens is 322 g/mol. The summed E-state index contributed by atoms with van der Waals surface area (Å²) >= 11 is 0. The van der Waals surface area contributed by atoms with Crippen LogP contribution < -0.4 is 15.2 Å². The van der Waals surface area contributed by atoms with Crippen molar-refractivity contribution in [3.8, 4) is 28.4 Å². The van der Waals surface area contributed by atoms with Gasteiger partial charge in [0.2, 0.25) is 0 Å². The molecule has 0 aliphatic carbocycles. The standard InChI is InChI=1S/C17H19N5O3/c1-3-24-12-9-11(14-15(17(18)23)20-21-19-14)10-13(25-4-2)16(12)22-7-5-6-8-22/h5-10H,3-4H2,1-2H3,(H2,18,23)(H,19,20,21). The van der Waals surface area contributed by atoms with Gasteiger partial charge in [-0.2, -0.15) is 15.4 Å². The Balaban J connectivity index is 2.22. The summed E-state index contributed by atoms with van der Waals surface area (Å²) in [4.78, 5) is 11.6. The molecule has 0 spiro atoms. The lowest BCUT2D eigenvalue weighted by atomic mass is 10.1. The maximum absolute atomic E-state index is 11.6. The molecule has 0 saturated heterocycles. The molecule has 1 aromatic carbocycles. The highest BCUT2D eigenvalue weighted by atomic mass is 16.5. The topological polar surface area (TPSA) is 108 Å². The minimum atomic E-state index is -0.658. The zero-order chi connectivity index (χ0) is 17.8. The number of benzene rings is 1. The Morgan fingerprint density at radius 3 is 2.24 bits per heavy atom. The molecule has 0 bridgehead atoms. The minimum absolute atomic E-state index is 0.0682. The number of hydrogen-bond acceptors (Lipinski definition) is 5. The number of amides is 1. The third kappa shape index (κ3) is 3.18. The predicted molar refractivity (Wildman–Crippen MR) is 92.0 cm³/mol. The molecule has 0 radical (unpaired) electrons. The summed E-state index contributed by atoms with van der Waals surface area (Å²) in [5.41, 5.74) is 7.20. The van der Waals surface area contributed by atoms with Crippen LogP contribution in [0.15, 0.2) is 36.7 Å². The number of nitrogens with one attached hydrogen (secondary N) is 1. The van der Waals surface area contributed by atoms with Gasteiger partial charge in [0.15, 0.2) is 5.69 Å². The van der Waals surface area contributed by atoms with Gasteiger partial charge in [-0.25, -0.2) is 0 Å². The monoisotopic (exact) mass is 341 g/mol. The Morgan fingerprint density at radius 1 is 1.12 bits per heavy atom. The van der Waals surface area contributed by atoms with Crippen molar-refractivity contribution < 1.29 is 14.3 Å². The summed E-state index contributed by atoms with van der Waals surface area (Å²) in [5, 5.41) is 10.3. The van der Waals surface area contributed by atoms with Crippen molar-refractivity contribution in [2.75, 3.05) is 13.2 Å². The Kier molecular flexibility index (Phi) is 4.69. The first-order valence-electron chi connectivity index (χ1n) is 7.93. The van der Waals surface area contributed by atoms with Crippen molar-refractivity contribution in [1.29, 1.82) is 0 Å². The van der Waals surface area contributed by atoms with E-state index in [0.29, 0.717) is 36.0 Å². The lowest BCUT2D eigenvalue weighted by Crippen LogP contribution is -2.13. The van der Waals surface area contributed by atoms with Gasteiger partial charge in [-0.05, 0) is 38.1 Å². The molecule has 3 rings (SSSR count). The Labute approximate surface area is 144 Å². The molecule has 2 aromatic heterocycles. The number of aromatic amines is 1. The number of carbonyl (C=O) groups is 1. The first kappa shape index (κ1) is 16.6. The molecule has 8 heteroatoms. The van der Waals surface area contributed by atoms with E-state index in [1.54, 1.807) is 12.1 Å². The third-order valence-electron chi connectivity index (χ3n) is 3.56. The fourth-order valence-corrected chi connectivity index (χ4v) is 2.59. The fraction of sp³-hybridized carbons (Fsp3) is 0.235. The van der Waals surface area contributed by atoms with Crippen LogP contribution in [-0.4, -0.2) is 39.1 Å². The number of nitrogens with zero attached hydrogens (tertiary/aromatic N) is 3. The molecule has 0 saturated carbocycles. The summed E-state index contributed by atoms with van der Waals surface area (Å²) in [6.07, 6.45) is 3.82. The van der Waals surface area contributed by atoms with Gasteiger partial charge in [-0.15, -0.1) is 0 Å². The number of ether oxygens (including phenoxy) is 2. The summed E-state index contributed by atoms with van der Waals surface area (Å²) in [6.45, 7) is 4.75. The molecule has 25 heavy (non-hydrogen) atoms. The van der Waals surface area contributed by atoms with Gasteiger partial charge in [-0.1, -0.05) is 0 Å². The molecular formula is C17H19N5O3. The van der Waals surface area contributed by atoms with Crippen LogP contribution in [0.4, 0.5) is 0 Å². The van der Waals surface area contributed by atoms with Crippen LogP contribution >= 0.6 is 0 Å². The third-order valence-corrected chi connectivity index (χ3v) is 3.56. The molecule has 8 nitrogen and oxygen atoms in total. The summed E-state index contributed by atoms with van der Waals surface area (Å²) in [5.74, 6) is 0.560. The van der Waals surface area contributed by atoms with Gasteiger partial charge in [0, 0.05) is 18.0 Å². The molecule has 0 aliphatic heterocycles. The number of rotatable bonds is 7. The summed E-state index contributed by atoms with van der Waals surface area (Å²) in [7, 11) is 0. The average Bonchev–Trinajstić information content (AvgIpc) is 3.27. The molecule has 3 aromatic rings. The van der Waals surface area contributed by atoms with Gasteiger partial charge < -0.3 is 19.8 Å². The average molecular weight is 341 g/mol. The number of primary amides is 1. The number of nitrogens with two attached hydrogens (primary N) is 1. The van der Waals surface area contributed by atoms with Crippen LogP contribution in [0.2, 0.25) is 0 Å². The van der Waals surface area contributed by atoms with E-state index in [1.807, 2.05) is 42.9 Å². The molecule has 130 valence electrons. The molecule has 1 amide bonds. The highest BCUT2D eigenvalue weighted by molar-refractivity contribution is 5.97. The van der Waals surface area contributed by atoms with Crippen molar-refractivity contribution in [2.45, 2.75) is 13.8 Å². The van der Waals surface area contributed by atoms with Crippen molar-refractivity contribution in [3.05, 3.63) is 42.4 Å². The summed E-state index contributed by atoms with van der Waals surface area (Å²) in [6, 6.07) is 7.43. The minimum Gasteiger partial charge on any atom is -0.492 e. The van der Waals surface area contributed by atoms with E-state index >= 15 is 0 Å². The fourth-order valence-electron chi connectivity index (χ4n) is 2.59. The second-order valence-electron chi connectivity index (χ2n) is 5.16. The van der Waals surface area contributed by atoms with Gasteiger partial charge in [0.1, 0.15) is 22.9 Å². The number of H-pyrrole nitrogens is 1. The van der Waals surface area contributed by atoms with E-state index in [1.165, 1.54) is 0 Å². The first-order chi connectivity index (χ1) is 12.2. The zero-order valence-corrected chi connectivity index (χ0v) is 14.0. The van der Waals surface area contributed by atoms with Crippen molar-refractivity contribution in [2.24, 2.45) is 5.73 Å². The van der Waals surface area contributed by atoms with Gasteiger partial charge in [0.25, 0.3) is 5.91 Å². The molecule has 0 fully saturated rings. The maximum Gasteiger partial charge on any atom is 0.271 e. The molecule has 2 heterocycles. The van der Waals surface area contributed by atoms with Gasteiger partial charge in [0.05, 0.1) is 13.2 Å². The Bertz CT molecular complexity index is 843. The normalized spacial score (nSPS) is 10.6. The number of aromatic nitrogens is 4. The van der Waals surface area contributed by atoms with E-state index in [9.17, 15) is 4.79 Å². The van der Waals surface area contributed by atoms with E-state index < -0.39 is 5.91 Å². The second-order valence-corrected chi connectivity index (χ2v) is 5.16. The van der Waals surface area contributed by atoms with E-state index in [0.717, 1.165) is 5.69 Å². The van der Waals surface area contributed by atoms with Crippen molar-refractivity contribution in [1.82, 2.24) is 20.0 Å². The lowest BCUT2D eigenvalue weighted by Gasteiger charge is -2.17. The zero-order valence-electron chi connectivity index (χ0n) is 14.0. The summed E-state index contributed by atoms with van der Waals surface area (Å²) < 4.78 is 13.5.